The zero-order valence-electron chi connectivity index (χ0n) is 11.6. The molecule has 0 aliphatic rings. The van der Waals surface area contributed by atoms with Crippen molar-refractivity contribution in [1.29, 1.82) is 0 Å². The quantitative estimate of drug-likeness (QED) is 0.472. The summed E-state index contributed by atoms with van der Waals surface area (Å²) < 4.78 is 0. The molecule has 0 bridgehead atoms. The molecular weight excluding hydrogens is 274 g/mol. The Morgan fingerprint density at radius 3 is 2.65 bits per heavy atom. The molecule has 1 aromatic heterocycles. The first-order valence-corrected chi connectivity index (χ1v) is 6.59. The number of benzene rings is 1. The fraction of sp³-hybridized carbons (Fsp3) is 0.308. The number of nitrogens with zero attached hydrogens (tertiary/aromatic N) is 1. The number of hydrogen-bond acceptors (Lipinski definition) is 3. The molecule has 0 fully saturated rings. The highest BCUT2D eigenvalue weighted by Crippen LogP contribution is 2.14. The van der Waals surface area contributed by atoms with Gasteiger partial charge in [0.05, 0.1) is 5.52 Å². The van der Waals surface area contributed by atoms with E-state index in [4.69, 9.17) is 12.2 Å². The fourth-order valence-electron chi connectivity index (χ4n) is 1.68. The highest BCUT2D eigenvalue weighted by molar-refractivity contribution is 7.80. The summed E-state index contributed by atoms with van der Waals surface area (Å²) in [6.45, 7) is 5.93. The minimum Gasteiger partial charge on any atom is -0.357 e. The van der Waals surface area contributed by atoms with Gasteiger partial charge in [-0.15, -0.1) is 0 Å². The fourth-order valence-corrected chi connectivity index (χ4v) is 2.04. The van der Waals surface area contributed by atoms with E-state index in [1.54, 1.807) is 0 Å². The third kappa shape index (κ3) is 3.45. The van der Waals surface area contributed by atoms with Crippen molar-refractivity contribution in [2.45, 2.75) is 26.3 Å². The molecule has 2 rings (SSSR count). The zero-order valence-corrected chi connectivity index (χ0v) is 12.4. The molecule has 1 heterocycles. The Balaban J connectivity index is 2.01. The van der Waals surface area contributed by atoms with Crippen LogP contribution in [0, 0.1) is 0 Å². The summed E-state index contributed by atoms with van der Waals surface area (Å²) in [4.78, 5) is 12.0. The molecule has 20 heavy (non-hydrogen) atoms. The van der Waals surface area contributed by atoms with E-state index in [0.29, 0.717) is 10.8 Å². The van der Waals surface area contributed by atoms with E-state index in [0.717, 1.165) is 10.9 Å². The van der Waals surface area contributed by atoms with Crippen LogP contribution in [0.1, 0.15) is 31.3 Å². The largest absolute Gasteiger partial charge is 0.357 e. The van der Waals surface area contributed by atoms with E-state index in [-0.39, 0.29) is 11.4 Å². The normalized spacial score (nSPS) is 11.2. The van der Waals surface area contributed by atoms with Crippen LogP contribution in [0.2, 0.25) is 0 Å². The number of fused-ring (bicyclic) bond motifs is 1. The molecule has 0 saturated heterocycles. The molecule has 4 N–H and O–H groups in total. The second kappa shape index (κ2) is 5.46. The van der Waals surface area contributed by atoms with Gasteiger partial charge in [0.2, 0.25) is 0 Å². The van der Waals surface area contributed by atoms with Gasteiger partial charge in [-0.05, 0) is 39.1 Å². The number of amides is 1. The lowest BCUT2D eigenvalue weighted by atomic mass is 10.1. The molecule has 0 saturated carbocycles. The summed E-state index contributed by atoms with van der Waals surface area (Å²) in [6, 6.07) is 7.43. The van der Waals surface area contributed by atoms with Gasteiger partial charge >= 0.3 is 0 Å². The van der Waals surface area contributed by atoms with Gasteiger partial charge in [0.1, 0.15) is 0 Å². The number of para-hydroxylation sites is 1. The highest BCUT2D eigenvalue weighted by atomic mass is 32.1. The Morgan fingerprint density at radius 1 is 1.25 bits per heavy atom. The molecule has 0 atom stereocenters. The monoisotopic (exact) mass is 291 g/mol. The summed E-state index contributed by atoms with van der Waals surface area (Å²) in [6.07, 6.45) is 0. The predicted molar refractivity (Wildman–Crippen MR) is 82.2 cm³/mol. The smallest absolute Gasteiger partial charge is 0.290 e. The lowest BCUT2D eigenvalue weighted by Gasteiger charge is -2.22. The summed E-state index contributed by atoms with van der Waals surface area (Å²) >= 11 is 5.08. The maximum Gasteiger partial charge on any atom is 0.290 e. The summed E-state index contributed by atoms with van der Waals surface area (Å²) in [5.41, 5.74) is 6.15. The molecule has 106 valence electrons. The van der Waals surface area contributed by atoms with Crippen molar-refractivity contribution in [1.82, 2.24) is 26.4 Å². The number of H-pyrrole nitrogens is 1. The van der Waals surface area contributed by atoms with E-state index < -0.39 is 0 Å². The van der Waals surface area contributed by atoms with Crippen LogP contribution in [0.3, 0.4) is 0 Å². The van der Waals surface area contributed by atoms with Gasteiger partial charge in [0.15, 0.2) is 10.8 Å². The molecule has 6 nitrogen and oxygen atoms in total. The van der Waals surface area contributed by atoms with Crippen LogP contribution in [-0.2, 0) is 0 Å². The van der Waals surface area contributed by atoms with Crippen molar-refractivity contribution in [3.63, 3.8) is 0 Å². The average Bonchev–Trinajstić information content (AvgIpc) is 2.78. The SMILES string of the molecule is CC(C)(C)NC(=S)NNC(=O)c1n[nH]c2ccccc12. The number of carbonyl (C=O) groups is 1. The molecule has 2 aromatic rings. The van der Waals surface area contributed by atoms with Crippen LogP contribution in [-0.4, -0.2) is 26.8 Å². The van der Waals surface area contributed by atoms with Gasteiger partial charge in [-0.2, -0.15) is 5.10 Å². The van der Waals surface area contributed by atoms with Gasteiger partial charge in [-0.1, -0.05) is 18.2 Å². The van der Waals surface area contributed by atoms with E-state index in [1.807, 2.05) is 45.0 Å². The Morgan fingerprint density at radius 2 is 1.95 bits per heavy atom. The third-order valence-corrected chi connectivity index (χ3v) is 2.67. The van der Waals surface area contributed by atoms with Crippen molar-refractivity contribution >= 4 is 34.1 Å². The van der Waals surface area contributed by atoms with Crippen LogP contribution in [0.25, 0.3) is 10.9 Å². The zero-order chi connectivity index (χ0) is 14.8. The number of hydrazine groups is 1. The van der Waals surface area contributed by atoms with Crippen LogP contribution in [0.15, 0.2) is 24.3 Å². The van der Waals surface area contributed by atoms with Crippen LogP contribution in [0.5, 0.6) is 0 Å². The second-order valence-electron chi connectivity index (χ2n) is 5.40. The van der Waals surface area contributed by atoms with Crippen LogP contribution < -0.4 is 16.2 Å². The van der Waals surface area contributed by atoms with E-state index >= 15 is 0 Å². The number of carbonyl (C=O) groups excluding carboxylic acids is 1. The van der Waals surface area contributed by atoms with Crippen molar-refractivity contribution in [3.05, 3.63) is 30.0 Å². The maximum absolute atomic E-state index is 12.0. The van der Waals surface area contributed by atoms with Crippen molar-refractivity contribution in [2.24, 2.45) is 0 Å². The van der Waals surface area contributed by atoms with Crippen LogP contribution >= 0.6 is 12.2 Å². The van der Waals surface area contributed by atoms with Gasteiger partial charge in [0, 0.05) is 10.9 Å². The summed E-state index contributed by atoms with van der Waals surface area (Å²) in [5, 5.41) is 11.0. The Labute approximate surface area is 122 Å². The number of nitrogens with one attached hydrogen (secondary N) is 4. The molecule has 1 aromatic carbocycles. The standard InChI is InChI=1S/C13H17N5OS/c1-13(2,3)14-12(20)18-17-11(19)10-8-6-4-5-7-9(8)15-16-10/h4-7H,1-3H3,(H,15,16)(H,17,19)(H2,14,18,20). The summed E-state index contributed by atoms with van der Waals surface area (Å²) in [5.74, 6) is -0.347. The predicted octanol–water partition coefficient (Wildman–Crippen LogP) is 1.47. The maximum atomic E-state index is 12.0. The van der Waals surface area contributed by atoms with Gasteiger partial charge in [0.25, 0.3) is 5.91 Å². The van der Waals surface area contributed by atoms with E-state index in [1.165, 1.54) is 0 Å². The first-order valence-electron chi connectivity index (χ1n) is 6.18. The van der Waals surface area contributed by atoms with Crippen molar-refractivity contribution < 1.29 is 4.79 Å². The Kier molecular flexibility index (Phi) is 3.89. The number of aromatic amines is 1. The lowest BCUT2D eigenvalue weighted by molar-refractivity contribution is 0.0940. The molecule has 7 heteroatoms. The Bertz CT molecular complexity index is 643. The molecule has 0 radical (unpaired) electrons. The van der Waals surface area contributed by atoms with Crippen LogP contribution in [0.4, 0.5) is 0 Å². The van der Waals surface area contributed by atoms with Gasteiger partial charge in [-0.25, -0.2) is 0 Å². The topological polar surface area (TPSA) is 81.8 Å². The first-order chi connectivity index (χ1) is 9.37. The lowest BCUT2D eigenvalue weighted by Crippen LogP contribution is -2.52. The number of aromatic nitrogens is 2. The molecular formula is C13H17N5OS. The Hall–Kier alpha value is -2.15. The molecule has 0 aliphatic carbocycles. The molecule has 0 unspecified atom stereocenters. The number of hydrogen-bond donors (Lipinski definition) is 4. The van der Waals surface area contributed by atoms with Gasteiger partial charge in [-0.3, -0.25) is 20.7 Å². The van der Waals surface area contributed by atoms with E-state index in [2.05, 4.69) is 26.4 Å². The second-order valence-corrected chi connectivity index (χ2v) is 5.81. The first kappa shape index (κ1) is 14.3. The number of thiocarbonyl (C=S) groups is 1. The molecule has 1 amide bonds. The minimum absolute atomic E-state index is 0.173. The third-order valence-electron chi connectivity index (χ3n) is 2.46. The highest BCUT2D eigenvalue weighted by Gasteiger charge is 2.15. The molecule has 0 spiro atoms. The van der Waals surface area contributed by atoms with Crippen molar-refractivity contribution in [2.75, 3.05) is 0 Å². The summed E-state index contributed by atoms with van der Waals surface area (Å²) in [7, 11) is 0. The number of rotatable bonds is 1. The van der Waals surface area contributed by atoms with Crippen molar-refractivity contribution in [3.8, 4) is 0 Å². The van der Waals surface area contributed by atoms with E-state index in [9.17, 15) is 4.79 Å². The minimum atomic E-state index is -0.347. The molecule has 0 aliphatic heterocycles. The van der Waals surface area contributed by atoms with Gasteiger partial charge < -0.3 is 5.32 Å². The average molecular weight is 291 g/mol.